The monoisotopic (exact) mass is 307 g/mol. The Hall–Kier alpha value is -2.22. The summed E-state index contributed by atoms with van der Waals surface area (Å²) < 4.78 is 23.0. The van der Waals surface area contributed by atoms with E-state index in [1.807, 2.05) is 0 Å². The Kier molecular flexibility index (Phi) is 3.25. The highest BCUT2D eigenvalue weighted by atomic mass is 32.2. The molecule has 1 aliphatic rings. The van der Waals surface area contributed by atoms with Crippen LogP contribution in [0, 0.1) is 0 Å². The third kappa shape index (κ3) is 2.80. The van der Waals surface area contributed by atoms with Crippen molar-refractivity contribution in [1.29, 1.82) is 0 Å². The maximum absolute atomic E-state index is 11.5. The van der Waals surface area contributed by atoms with E-state index in [0.717, 1.165) is 0 Å². The van der Waals surface area contributed by atoms with Gasteiger partial charge in [-0.15, -0.1) is 0 Å². The number of aromatic carboxylic acids is 1. The summed E-state index contributed by atoms with van der Waals surface area (Å²) in [5.41, 5.74) is 0.656. The first kappa shape index (κ1) is 13.7. The van der Waals surface area contributed by atoms with Crippen LogP contribution in [0.2, 0.25) is 0 Å². The number of carbonyl (C=O) groups is 1. The Labute approximate surface area is 121 Å². The summed E-state index contributed by atoms with van der Waals surface area (Å²) in [5, 5.41) is 12.8. The molecule has 0 radical (unpaired) electrons. The predicted octanol–water partition coefficient (Wildman–Crippen LogP) is 0.927. The minimum absolute atomic E-state index is 0.0890. The number of hydrogen-bond donors (Lipinski definition) is 2. The van der Waals surface area contributed by atoms with Crippen LogP contribution in [0.3, 0.4) is 0 Å². The maximum Gasteiger partial charge on any atom is 0.335 e. The standard InChI is InChI=1S/C13H13N3O4S/c17-13(18)8-1-2-10-11(5-8)14-7-15-12(10)16-9-3-4-21(19,20)6-9/h1-2,5,7,9H,3-4,6H2,(H,17,18)(H,14,15,16)/t9-/m1/s1. The van der Waals surface area contributed by atoms with E-state index in [0.29, 0.717) is 23.1 Å². The summed E-state index contributed by atoms with van der Waals surface area (Å²) in [6.45, 7) is 0. The van der Waals surface area contributed by atoms with Crippen LogP contribution in [0.4, 0.5) is 5.82 Å². The van der Waals surface area contributed by atoms with E-state index in [1.54, 1.807) is 6.07 Å². The Balaban J connectivity index is 1.94. The molecular weight excluding hydrogens is 294 g/mol. The predicted molar refractivity (Wildman–Crippen MR) is 77.2 cm³/mol. The number of nitrogens with zero attached hydrogens (tertiary/aromatic N) is 2. The van der Waals surface area contributed by atoms with Gasteiger partial charge < -0.3 is 10.4 Å². The number of nitrogens with one attached hydrogen (secondary N) is 1. The fourth-order valence-electron chi connectivity index (χ4n) is 2.41. The largest absolute Gasteiger partial charge is 0.478 e. The Morgan fingerprint density at radius 2 is 2.14 bits per heavy atom. The highest BCUT2D eigenvalue weighted by Gasteiger charge is 2.28. The molecule has 1 fully saturated rings. The number of aromatic nitrogens is 2. The van der Waals surface area contributed by atoms with Gasteiger partial charge in [-0.3, -0.25) is 0 Å². The first-order valence-electron chi connectivity index (χ1n) is 6.40. The minimum atomic E-state index is -2.97. The van der Waals surface area contributed by atoms with Crippen molar-refractivity contribution in [3.8, 4) is 0 Å². The average molecular weight is 307 g/mol. The van der Waals surface area contributed by atoms with E-state index in [9.17, 15) is 13.2 Å². The molecule has 8 heteroatoms. The molecule has 21 heavy (non-hydrogen) atoms. The van der Waals surface area contributed by atoms with Crippen LogP contribution in [0.5, 0.6) is 0 Å². The van der Waals surface area contributed by atoms with Gasteiger partial charge in [0, 0.05) is 11.4 Å². The third-order valence-electron chi connectivity index (χ3n) is 3.46. The van der Waals surface area contributed by atoms with Gasteiger partial charge in [-0.1, -0.05) is 0 Å². The zero-order valence-corrected chi connectivity index (χ0v) is 11.8. The summed E-state index contributed by atoms with van der Waals surface area (Å²) in [7, 11) is -2.97. The van der Waals surface area contributed by atoms with E-state index in [-0.39, 0.29) is 23.1 Å². The molecule has 1 aromatic heterocycles. The second kappa shape index (κ2) is 4.96. The lowest BCUT2D eigenvalue weighted by Gasteiger charge is -2.13. The van der Waals surface area contributed by atoms with Crippen molar-refractivity contribution in [2.45, 2.75) is 12.5 Å². The van der Waals surface area contributed by atoms with Gasteiger partial charge in [0.25, 0.3) is 0 Å². The van der Waals surface area contributed by atoms with Crippen LogP contribution >= 0.6 is 0 Å². The fraction of sp³-hybridized carbons (Fsp3) is 0.308. The minimum Gasteiger partial charge on any atom is -0.478 e. The zero-order valence-electron chi connectivity index (χ0n) is 11.0. The van der Waals surface area contributed by atoms with Crippen molar-refractivity contribution < 1.29 is 18.3 Å². The highest BCUT2D eigenvalue weighted by molar-refractivity contribution is 7.91. The summed E-state index contributed by atoms with van der Waals surface area (Å²) in [5.74, 6) is -0.228. The van der Waals surface area contributed by atoms with Crippen LogP contribution < -0.4 is 5.32 Å². The van der Waals surface area contributed by atoms with Crippen LogP contribution in [-0.4, -0.2) is 47.0 Å². The van der Waals surface area contributed by atoms with Crippen molar-refractivity contribution in [2.24, 2.45) is 0 Å². The topological polar surface area (TPSA) is 109 Å². The number of benzene rings is 1. The van der Waals surface area contributed by atoms with Crippen LogP contribution in [0.15, 0.2) is 24.5 Å². The Bertz CT molecular complexity index is 819. The summed E-state index contributed by atoms with van der Waals surface area (Å²) in [4.78, 5) is 19.1. The molecule has 2 aromatic rings. The first-order valence-corrected chi connectivity index (χ1v) is 8.22. The van der Waals surface area contributed by atoms with Gasteiger partial charge in [0.15, 0.2) is 9.84 Å². The lowest BCUT2D eigenvalue weighted by molar-refractivity contribution is 0.0697. The molecule has 1 saturated heterocycles. The van der Waals surface area contributed by atoms with Gasteiger partial charge in [-0.2, -0.15) is 0 Å². The third-order valence-corrected chi connectivity index (χ3v) is 5.22. The van der Waals surface area contributed by atoms with Crippen molar-refractivity contribution in [3.05, 3.63) is 30.1 Å². The van der Waals surface area contributed by atoms with Gasteiger partial charge in [0.1, 0.15) is 12.1 Å². The number of carboxylic acid groups (broad SMARTS) is 1. The lowest BCUT2D eigenvalue weighted by Crippen LogP contribution is -2.21. The molecule has 3 rings (SSSR count). The second-order valence-corrected chi connectivity index (χ2v) is 7.23. The van der Waals surface area contributed by atoms with Crippen LogP contribution in [0.1, 0.15) is 16.8 Å². The highest BCUT2D eigenvalue weighted by Crippen LogP contribution is 2.23. The molecule has 2 N–H and O–H groups in total. The molecule has 0 spiro atoms. The molecule has 1 aliphatic heterocycles. The number of hydrogen-bond acceptors (Lipinski definition) is 6. The molecule has 0 unspecified atom stereocenters. The van der Waals surface area contributed by atoms with E-state index in [4.69, 9.17) is 5.11 Å². The normalized spacial score (nSPS) is 20.5. The molecule has 110 valence electrons. The van der Waals surface area contributed by atoms with E-state index in [2.05, 4.69) is 15.3 Å². The van der Waals surface area contributed by atoms with Crippen LogP contribution in [-0.2, 0) is 9.84 Å². The molecule has 1 aromatic carbocycles. The number of anilines is 1. The summed E-state index contributed by atoms with van der Waals surface area (Å²) >= 11 is 0. The molecule has 0 aliphatic carbocycles. The number of sulfone groups is 1. The molecule has 0 bridgehead atoms. The van der Waals surface area contributed by atoms with E-state index < -0.39 is 15.8 Å². The molecule has 0 saturated carbocycles. The van der Waals surface area contributed by atoms with Crippen LogP contribution in [0.25, 0.3) is 10.9 Å². The lowest BCUT2D eigenvalue weighted by atomic mass is 10.1. The van der Waals surface area contributed by atoms with Crippen molar-refractivity contribution in [2.75, 3.05) is 16.8 Å². The van der Waals surface area contributed by atoms with E-state index >= 15 is 0 Å². The maximum atomic E-state index is 11.5. The van der Waals surface area contributed by atoms with Crippen molar-refractivity contribution >= 4 is 32.5 Å². The first-order chi connectivity index (χ1) is 9.94. The molecular formula is C13H13N3O4S. The second-order valence-electron chi connectivity index (χ2n) is 5.00. The summed E-state index contributed by atoms with van der Waals surface area (Å²) in [6, 6.07) is 4.40. The molecule has 7 nitrogen and oxygen atoms in total. The quantitative estimate of drug-likeness (QED) is 0.868. The van der Waals surface area contributed by atoms with Crippen molar-refractivity contribution in [3.63, 3.8) is 0 Å². The fourth-order valence-corrected chi connectivity index (χ4v) is 4.08. The van der Waals surface area contributed by atoms with E-state index in [1.165, 1.54) is 18.5 Å². The van der Waals surface area contributed by atoms with Gasteiger partial charge in [-0.05, 0) is 24.6 Å². The number of fused-ring (bicyclic) bond motifs is 1. The Morgan fingerprint density at radius 3 is 2.81 bits per heavy atom. The SMILES string of the molecule is O=C(O)c1ccc2c(N[C@@H]3CCS(=O)(=O)C3)ncnc2c1. The average Bonchev–Trinajstić information content (AvgIpc) is 2.77. The van der Waals surface area contributed by atoms with Gasteiger partial charge in [-0.25, -0.2) is 23.2 Å². The zero-order chi connectivity index (χ0) is 15.0. The summed E-state index contributed by atoms with van der Waals surface area (Å²) in [6.07, 6.45) is 1.88. The number of rotatable bonds is 3. The Morgan fingerprint density at radius 1 is 1.33 bits per heavy atom. The molecule has 0 amide bonds. The smallest absolute Gasteiger partial charge is 0.335 e. The number of carboxylic acids is 1. The van der Waals surface area contributed by atoms with Crippen molar-refractivity contribution in [1.82, 2.24) is 9.97 Å². The van der Waals surface area contributed by atoms with Gasteiger partial charge >= 0.3 is 5.97 Å². The van der Waals surface area contributed by atoms with Gasteiger partial charge in [0.05, 0.1) is 22.6 Å². The molecule has 2 heterocycles. The van der Waals surface area contributed by atoms with Gasteiger partial charge in [0.2, 0.25) is 0 Å². The molecule has 1 atom stereocenters.